The molecule has 0 fully saturated rings. The van der Waals surface area contributed by atoms with Crippen molar-refractivity contribution in [1.29, 1.82) is 0 Å². The van der Waals surface area contributed by atoms with Crippen LogP contribution in [0.25, 0.3) is 11.0 Å². The van der Waals surface area contributed by atoms with Crippen LogP contribution in [0.15, 0.2) is 47.4 Å². The van der Waals surface area contributed by atoms with Gasteiger partial charge in [0, 0.05) is 32.9 Å². The van der Waals surface area contributed by atoms with Gasteiger partial charge in [-0.1, -0.05) is 6.92 Å². The average molecular weight is 419 g/mol. The fourth-order valence-electron chi connectivity index (χ4n) is 3.33. The molecule has 8 heteroatoms. The zero-order valence-electron chi connectivity index (χ0n) is 17.3. The number of halogens is 1. The van der Waals surface area contributed by atoms with E-state index in [2.05, 4.69) is 16.4 Å². The van der Waals surface area contributed by atoms with Crippen LogP contribution in [-0.2, 0) is 23.1 Å². The summed E-state index contributed by atoms with van der Waals surface area (Å²) in [6, 6.07) is 11.5. The van der Waals surface area contributed by atoms with Crippen molar-refractivity contribution in [2.75, 3.05) is 25.5 Å². The van der Waals surface area contributed by atoms with Gasteiger partial charge in [0.2, 0.25) is 10.0 Å². The first kappa shape index (κ1) is 21.3. The van der Waals surface area contributed by atoms with Gasteiger partial charge in [0.25, 0.3) is 0 Å². The van der Waals surface area contributed by atoms with Crippen LogP contribution in [0.4, 0.5) is 10.1 Å². The topological polar surface area (TPSA) is 58.4 Å². The second kappa shape index (κ2) is 8.51. The summed E-state index contributed by atoms with van der Waals surface area (Å²) in [4.78, 5) is 7.11. The van der Waals surface area contributed by atoms with E-state index in [0.29, 0.717) is 12.1 Å². The van der Waals surface area contributed by atoms with Crippen LogP contribution in [0, 0.1) is 5.82 Å². The Morgan fingerprint density at radius 2 is 1.76 bits per heavy atom. The number of hydrogen-bond acceptors (Lipinski definition) is 4. The maximum Gasteiger partial charge on any atom is 0.242 e. The Morgan fingerprint density at radius 1 is 1.07 bits per heavy atom. The number of benzene rings is 2. The lowest BCUT2D eigenvalue weighted by Gasteiger charge is -2.23. The first-order valence-corrected chi connectivity index (χ1v) is 11.1. The molecule has 0 bridgehead atoms. The van der Waals surface area contributed by atoms with E-state index >= 15 is 0 Å². The monoisotopic (exact) mass is 418 g/mol. The number of aromatic nitrogens is 2. The van der Waals surface area contributed by atoms with Gasteiger partial charge in [-0.05, 0) is 55.8 Å². The highest BCUT2D eigenvalue weighted by Crippen LogP contribution is 2.24. The Labute approximate surface area is 171 Å². The molecular formula is C21H27FN4O2S. The van der Waals surface area contributed by atoms with Crippen LogP contribution in [0.5, 0.6) is 0 Å². The maximum absolute atomic E-state index is 13.3. The summed E-state index contributed by atoms with van der Waals surface area (Å²) in [7, 11) is -0.488. The lowest BCUT2D eigenvalue weighted by molar-refractivity contribution is 0.521. The van der Waals surface area contributed by atoms with E-state index in [9.17, 15) is 12.8 Å². The van der Waals surface area contributed by atoms with Crippen LogP contribution < -0.4 is 4.90 Å². The highest BCUT2D eigenvalue weighted by molar-refractivity contribution is 7.89. The molecule has 1 aromatic heterocycles. The summed E-state index contributed by atoms with van der Waals surface area (Å²) in [5, 5.41) is 0. The van der Waals surface area contributed by atoms with Crippen molar-refractivity contribution >= 4 is 26.7 Å². The van der Waals surface area contributed by atoms with E-state index in [-0.39, 0.29) is 10.7 Å². The van der Waals surface area contributed by atoms with Crippen molar-refractivity contribution in [1.82, 2.24) is 13.9 Å². The molecule has 0 aliphatic heterocycles. The molecule has 0 N–H and O–H groups in total. The molecule has 3 aromatic rings. The van der Waals surface area contributed by atoms with E-state index in [1.165, 1.54) is 30.5 Å². The number of anilines is 1. The standard InChI is InChI=1S/C21H27FN4O2S/c1-5-13-26-20-12-11-18(29(27,28)24(3)4)14-19(20)23-21(26)15-25(6-2)17-9-7-16(22)8-10-17/h7-12,14H,5-6,13,15H2,1-4H3. The fraction of sp³-hybridized carbons (Fsp3) is 0.381. The number of rotatable bonds is 8. The molecule has 29 heavy (non-hydrogen) atoms. The number of hydrogen-bond donors (Lipinski definition) is 0. The molecule has 0 aliphatic carbocycles. The Bertz CT molecular complexity index is 1090. The number of nitrogens with zero attached hydrogens (tertiary/aromatic N) is 4. The smallest absolute Gasteiger partial charge is 0.242 e. The third-order valence-electron chi connectivity index (χ3n) is 4.93. The van der Waals surface area contributed by atoms with Gasteiger partial charge in [0.15, 0.2) is 0 Å². The van der Waals surface area contributed by atoms with Crippen LogP contribution in [-0.4, -0.2) is 42.9 Å². The summed E-state index contributed by atoms with van der Waals surface area (Å²) >= 11 is 0. The summed E-state index contributed by atoms with van der Waals surface area (Å²) < 4.78 is 41.6. The largest absolute Gasteiger partial charge is 0.364 e. The van der Waals surface area contributed by atoms with E-state index in [1.807, 2.05) is 13.0 Å². The molecule has 6 nitrogen and oxygen atoms in total. The van der Waals surface area contributed by atoms with Crippen LogP contribution >= 0.6 is 0 Å². The van der Waals surface area contributed by atoms with Gasteiger partial charge in [-0.2, -0.15) is 0 Å². The molecule has 156 valence electrons. The number of fused-ring (bicyclic) bond motifs is 1. The Kier molecular flexibility index (Phi) is 6.24. The van der Waals surface area contributed by atoms with E-state index in [1.54, 1.807) is 24.3 Å². The van der Waals surface area contributed by atoms with Crippen LogP contribution in [0.1, 0.15) is 26.1 Å². The Hall–Kier alpha value is -2.45. The summed E-state index contributed by atoms with van der Waals surface area (Å²) in [6.07, 6.45) is 0.929. The second-order valence-corrected chi connectivity index (χ2v) is 9.26. The van der Waals surface area contributed by atoms with Crippen molar-refractivity contribution in [2.45, 2.75) is 38.3 Å². The van der Waals surface area contributed by atoms with Crippen molar-refractivity contribution < 1.29 is 12.8 Å². The quantitative estimate of drug-likeness (QED) is 0.557. The normalized spacial score (nSPS) is 12.1. The van der Waals surface area contributed by atoms with Gasteiger partial charge in [-0.3, -0.25) is 0 Å². The molecule has 3 rings (SSSR count). The Balaban J connectivity index is 2.04. The zero-order chi connectivity index (χ0) is 21.2. The zero-order valence-corrected chi connectivity index (χ0v) is 18.1. The highest BCUT2D eigenvalue weighted by atomic mass is 32.2. The minimum atomic E-state index is -3.52. The average Bonchev–Trinajstić information content (AvgIpc) is 3.03. The molecule has 0 aliphatic rings. The van der Waals surface area contributed by atoms with Gasteiger partial charge >= 0.3 is 0 Å². The minimum Gasteiger partial charge on any atom is -0.364 e. The van der Waals surface area contributed by atoms with Crippen LogP contribution in [0.2, 0.25) is 0 Å². The molecular weight excluding hydrogens is 391 g/mol. The second-order valence-electron chi connectivity index (χ2n) is 7.11. The Morgan fingerprint density at radius 3 is 2.34 bits per heavy atom. The van der Waals surface area contributed by atoms with Crippen molar-refractivity contribution in [2.24, 2.45) is 0 Å². The van der Waals surface area contributed by atoms with Gasteiger partial charge in [-0.25, -0.2) is 22.1 Å². The number of sulfonamides is 1. The maximum atomic E-state index is 13.3. The van der Waals surface area contributed by atoms with Gasteiger partial charge < -0.3 is 9.47 Å². The van der Waals surface area contributed by atoms with Crippen molar-refractivity contribution in [3.63, 3.8) is 0 Å². The highest BCUT2D eigenvalue weighted by Gasteiger charge is 2.20. The molecule has 0 atom stereocenters. The predicted octanol–water partition coefficient (Wildman–Crippen LogP) is 3.86. The molecule has 0 radical (unpaired) electrons. The van der Waals surface area contributed by atoms with E-state index < -0.39 is 10.0 Å². The molecule has 0 saturated carbocycles. The first-order valence-electron chi connectivity index (χ1n) is 9.70. The van der Waals surface area contributed by atoms with Crippen molar-refractivity contribution in [3.05, 3.63) is 54.1 Å². The van der Waals surface area contributed by atoms with E-state index in [4.69, 9.17) is 4.98 Å². The minimum absolute atomic E-state index is 0.230. The summed E-state index contributed by atoms with van der Waals surface area (Å²) in [5.41, 5.74) is 2.49. The lowest BCUT2D eigenvalue weighted by Crippen LogP contribution is -2.24. The summed E-state index contributed by atoms with van der Waals surface area (Å²) in [6.45, 7) is 6.20. The molecule has 2 aromatic carbocycles. The van der Waals surface area contributed by atoms with Crippen molar-refractivity contribution in [3.8, 4) is 0 Å². The number of aryl methyl sites for hydroxylation is 1. The first-order chi connectivity index (χ1) is 13.8. The SMILES string of the molecule is CCCn1c(CN(CC)c2ccc(F)cc2)nc2cc(S(=O)(=O)N(C)C)ccc21. The third-order valence-corrected chi connectivity index (χ3v) is 6.74. The van der Waals surface area contributed by atoms with Gasteiger partial charge in [-0.15, -0.1) is 0 Å². The van der Waals surface area contributed by atoms with E-state index in [0.717, 1.165) is 36.5 Å². The molecule has 0 saturated heterocycles. The lowest BCUT2D eigenvalue weighted by atomic mass is 10.2. The predicted molar refractivity (Wildman–Crippen MR) is 114 cm³/mol. The van der Waals surface area contributed by atoms with Gasteiger partial charge in [0.1, 0.15) is 11.6 Å². The molecule has 0 unspecified atom stereocenters. The third kappa shape index (κ3) is 4.28. The van der Waals surface area contributed by atoms with Crippen LogP contribution in [0.3, 0.4) is 0 Å². The summed E-state index contributed by atoms with van der Waals surface area (Å²) in [5.74, 6) is 0.588. The molecule has 0 amide bonds. The number of imidazole rings is 1. The fourth-order valence-corrected chi connectivity index (χ4v) is 4.26. The molecule has 0 spiro atoms. The van der Waals surface area contributed by atoms with Gasteiger partial charge in [0.05, 0.1) is 22.5 Å². The molecule has 1 heterocycles.